The second kappa shape index (κ2) is 6.77. The average Bonchev–Trinajstić information content (AvgIpc) is 2.31. The highest BCUT2D eigenvalue weighted by molar-refractivity contribution is 9.10. The van der Waals surface area contributed by atoms with E-state index < -0.39 is 0 Å². The average molecular weight is 299 g/mol. The predicted molar refractivity (Wildman–Crippen MR) is 74.4 cm³/mol. The Hall–Kier alpha value is -0.870. The maximum absolute atomic E-state index is 11.9. The van der Waals surface area contributed by atoms with Crippen molar-refractivity contribution in [2.75, 3.05) is 26.7 Å². The number of halogens is 1. The Balaban J connectivity index is 2.55. The first kappa shape index (κ1) is 14.2. The van der Waals surface area contributed by atoms with Crippen LogP contribution in [-0.4, -0.2) is 37.5 Å². The van der Waals surface area contributed by atoms with E-state index in [-0.39, 0.29) is 5.91 Å². The first-order chi connectivity index (χ1) is 8.04. The Labute approximate surface area is 111 Å². The highest BCUT2D eigenvalue weighted by Crippen LogP contribution is 2.15. The number of likely N-dealkylation sites (N-methyl/N-ethyl adjacent to an activating group) is 1. The standard InChI is InChI=1S/C13H19BrN2O/c1-4-16(3)8-7-15-13(17)12-9-11(14)6-5-10(12)2/h5-6,9H,4,7-8H2,1-3H3,(H,15,17). The van der Waals surface area contributed by atoms with Crippen molar-refractivity contribution < 1.29 is 4.79 Å². The first-order valence-corrected chi connectivity index (χ1v) is 6.56. The zero-order valence-corrected chi connectivity index (χ0v) is 12.2. The van der Waals surface area contributed by atoms with Gasteiger partial charge >= 0.3 is 0 Å². The normalized spacial score (nSPS) is 10.6. The van der Waals surface area contributed by atoms with Crippen molar-refractivity contribution in [3.05, 3.63) is 33.8 Å². The van der Waals surface area contributed by atoms with E-state index in [0.717, 1.165) is 28.7 Å². The Morgan fingerprint density at radius 3 is 2.82 bits per heavy atom. The first-order valence-electron chi connectivity index (χ1n) is 5.77. The number of amides is 1. The molecule has 0 saturated heterocycles. The van der Waals surface area contributed by atoms with Gasteiger partial charge in [0.1, 0.15) is 0 Å². The maximum atomic E-state index is 11.9. The molecule has 0 unspecified atom stereocenters. The molecule has 0 aliphatic carbocycles. The molecule has 0 fully saturated rings. The third kappa shape index (κ3) is 4.48. The van der Waals surface area contributed by atoms with Gasteiger partial charge in [-0.05, 0) is 38.2 Å². The lowest BCUT2D eigenvalue weighted by molar-refractivity contribution is 0.0949. The number of nitrogens with zero attached hydrogens (tertiary/aromatic N) is 1. The van der Waals surface area contributed by atoms with Crippen LogP contribution >= 0.6 is 15.9 Å². The van der Waals surface area contributed by atoms with E-state index in [1.54, 1.807) is 0 Å². The van der Waals surface area contributed by atoms with Crippen LogP contribution < -0.4 is 5.32 Å². The summed E-state index contributed by atoms with van der Waals surface area (Å²) in [6, 6.07) is 5.74. The van der Waals surface area contributed by atoms with Crippen molar-refractivity contribution in [3.63, 3.8) is 0 Å². The number of carbonyl (C=O) groups is 1. The SMILES string of the molecule is CCN(C)CCNC(=O)c1cc(Br)ccc1C. The summed E-state index contributed by atoms with van der Waals surface area (Å²) in [4.78, 5) is 14.1. The molecule has 1 rings (SSSR count). The number of benzene rings is 1. The van der Waals surface area contributed by atoms with Crippen LogP contribution in [0.1, 0.15) is 22.8 Å². The molecule has 0 saturated carbocycles. The van der Waals surface area contributed by atoms with Crippen molar-refractivity contribution in [2.24, 2.45) is 0 Å². The van der Waals surface area contributed by atoms with Gasteiger partial charge in [0, 0.05) is 23.1 Å². The molecule has 0 bridgehead atoms. The van der Waals surface area contributed by atoms with Crippen LogP contribution in [0, 0.1) is 6.92 Å². The number of carbonyl (C=O) groups excluding carboxylic acids is 1. The molecule has 0 aliphatic rings. The predicted octanol–water partition coefficient (Wildman–Crippen LogP) is 2.44. The van der Waals surface area contributed by atoms with Crippen LogP contribution in [0.15, 0.2) is 22.7 Å². The van der Waals surface area contributed by atoms with Crippen molar-refractivity contribution in [1.82, 2.24) is 10.2 Å². The molecule has 1 amide bonds. The summed E-state index contributed by atoms with van der Waals surface area (Å²) in [6.45, 7) is 6.58. The molecule has 0 aliphatic heterocycles. The molecule has 0 heterocycles. The van der Waals surface area contributed by atoms with Crippen molar-refractivity contribution >= 4 is 21.8 Å². The fraction of sp³-hybridized carbons (Fsp3) is 0.462. The highest BCUT2D eigenvalue weighted by atomic mass is 79.9. The molecule has 0 atom stereocenters. The van der Waals surface area contributed by atoms with Gasteiger partial charge in [-0.1, -0.05) is 28.9 Å². The van der Waals surface area contributed by atoms with Crippen LogP contribution in [0.3, 0.4) is 0 Å². The number of hydrogen-bond donors (Lipinski definition) is 1. The van der Waals surface area contributed by atoms with Gasteiger partial charge in [0.05, 0.1) is 0 Å². The van der Waals surface area contributed by atoms with Crippen molar-refractivity contribution in [3.8, 4) is 0 Å². The molecule has 17 heavy (non-hydrogen) atoms. The van der Waals surface area contributed by atoms with E-state index in [9.17, 15) is 4.79 Å². The van der Waals surface area contributed by atoms with Crippen molar-refractivity contribution in [1.29, 1.82) is 0 Å². The van der Waals surface area contributed by atoms with Gasteiger partial charge in [-0.25, -0.2) is 0 Å². The fourth-order valence-electron chi connectivity index (χ4n) is 1.45. The van der Waals surface area contributed by atoms with E-state index in [1.165, 1.54) is 0 Å². The van der Waals surface area contributed by atoms with Crippen LogP contribution in [0.5, 0.6) is 0 Å². The molecule has 1 aromatic carbocycles. The minimum absolute atomic E-state index is 0.00620. The zero-order valence-electron chi connectivity index (χ0n) is 10.6. The van der Waals surface area contributed by atoms with Gasteiger partial charge in [-0.2, -0.15) is 0 Å². The van der Waals surface area contributed by atoms with Crippen LogP contribution in [0.2, 0.25) is 0 Å². The lowest BCUT2D eigenvalue weighted by Gasteiger charge is -2.14. The minimum Gasteiger partial charge on any atom is -0.351 e. The molecule has 3 nitrogen and oxygen atoms in total. The molecule has 94 valence electrons. The monoisotopic (exact) mass is 298 g/mol. The maximum Gasteiger partial charge on any atom is 0.251 e. The zero-order chi connectivity index (χ0) is 12.8. The molecular weight excluding hydrogens is 280 g/mol. The van der Waals surface area contributed by atoms with E-state index in [2.05, 4.69) is 33.1 Å². The van der Waals surface area contributed by atoms with E-state index in [1.807, 2.05) is 32.2 Å². The number of rotatable bonds is 5. The summed E-state index contributed by atoms with van der Waals surface area (Å²) >= 11 is 3.38. The minimum atomic E-state index is -0.00620. The number of hydrogen-bond acceptors (Lipinski definition) is 2. The van der Waals surface area contributed by atoms with Gasteiger partial charge < -0.3 is 10.2 Å². The number of nitrogens with one attached hydrogen (secondary N) is 1. The van der Waals surface area contributed by atoms with E-state index >= 15 is 0 Å². The summed E-state index contributed by atoms with van der Waals surface area (Å²) in [7, 11) is 2.04. The summed E-state index contributed by atoms with van der Waals surface area (Å²) in [5.41, 5.74) is 1.73. The molecular formula is C13H19BrN2O. The quantitative estimate of drug-likeness (QED) is 0.905. The van der Waals surface area contributed by atoms with Crippen LogP contribution in [0.25, 0.3) is 0 Å². The largest absolute Gasteiger partial charge is 0.351 e. The van der Waals surface area contributed by atoms with Crippen LogP contribution in [0.4, 0.5) is 0 Å². The summed E-state index contributed by atoms with van der Waals surface area (Å²) in [5.74, 6) is -0.00620. The highest BCUT2D eigenvalue weighted by Gasteiger charge is 2.08. The Morgan fingerprint density at radius 2 is 2.18 bits per heavy atom. The topological polar surface area (TPSA) is 32.3 Å². The van der Waals surface area contributed by atoms with Gasteiger partial charge in [0.15, 0.2) is 0 Å². The second-order valence-electron chi connectivity index (χ2n) is 4.11. The van der Waals surface area contributed by atoms with Crippen LogP contribution in [-0.2, 0) is 0 Å². The Kier molecular flexibility index (Phi) is 5.65. The molecule has 1 N–H and O–H groups in total. The van der Waals surface area contributed by atoms with E-state index in [4.69, 9.17) is 0 Å². The number of aryl methyl sites for hydroxylation is 1. The smallest absolute Gasteiger partial charge is 0.251 e. The third-order valence-electron chi connectivity index (χ3n) is 2.76. The molecule has 0 radical (unpaired) electrons. The van der Waals surface area contributed by atoms with Gasteiger partial charge in [0.2, 0.25) is 0 Å². The molecule has 1 aromatic rings. The summed E-state index contributed by atoms with van der Waals surface area (Å²) in [5, 5.41) is 2.93. The molecule has 0 spiro atoms. The van der Waals surface area contributed by atoms with Crippen molar-refractivity contribution in [2.45, 2.75) is 13.8 Å². The fourth-order valence-corrected chi connectivity index (χ4v) is 1.81. The van der Waals surface area contributed by atoms with Gasteiger partial charge in [-0.3, -0.25) is 4.79 Å². The molecule has 0 aromatic heterocycles. The lowest BCUT2D eigenvalue weighted by Crippen LogP contribution is -2.33. The lowest BCUT2D eigenvalue weighted by atomic mass is 10.1. The van der Waals surface area contributed by atoms with Gasteiger partial charge in [-0.15, -0.1) is 0 Å². The summed E-state index contributed by atoms with van der Waals surface area (Å²) < 4.78 is 0.930. The molecule has 4 heteroatoms. The van der Waals surface area contributed by atoms with Gasteiger partial charge in [0.25, 0.3) is 5.91 Å². The third-order valence-corrected chi connectivity index (χ3v) is 3.26. The van der Waals surface area contributed by atoms with E-state index in [0.29, 0.717) is 6.54 Å². The Morgan fingerprint density at radius 1 is 1.47 bits per heavy atom. The Bertz CT molecular complexity index is 393. The summed E-state index contributed by atoms with van der Waals surface area (Å²) in [6.07, 6.45) is 0. The second-order valence-corrected chi connectivity index (χ2v) is 5.03.